The van der Waals surface area contributed by atoms with Crippen molar-refractivity contribution in [2.75, 3.05) is 0 Å². The van der Waals surface area contributed by atoms with Gasteiger partial charge >= 0.3 is 0 Å². The molecule has 0 radical (unpaired) electrons. The molecule has 0 saturated heterocycles. The average molecular weight is 361 g/mol. The van der Waals surface area contributed by atoms with Crippen molar-refractivity contribution < 1.29 is 4.79 Å². The van der Waals surface area contributed by atoms with E-state index in [1.807, 2.05) is 36.4 Å². The molecule has 0 bridgehead atoms. The Balaban J connectivity index is 1.87. The number of para-hydroxylation sites is 1. The first-order valence-corrected chi connectivity index (χ1v) is 7.63. The number of ketones is 1. The third-order valence-corrected chi connectivity index (χ3v) is 4.47. The topological polar surface area (TPSA) is 30.0 Å². The number of rotatable bonds is 3. The standard InChI is InChI=1S/C17H11BrClNO/c18-14-8-6-12(9-15(14)19)17(21)10-13-7-5-11-3-1-2-4-16(11)20-13/h1-9H,10H2. The van der Waals surface area contributed by atoms with Crippen LogP contribution < -0.4 is 0 Å². The van der Waals surface area contributed by atoms with E-state index in [4.69, 9.17) is 11.6 Å². The van der Waals surface area contributed by atoms with E-state index < -0.39 is 0 Å². The number of pyridine rings is 1. The fourth-order valence-corrected chi connectivity index (χ4v) is 2.57. The van der Waals surface area contributed by atoms with Gasteiger partial charge in [0.05, 0.1) is 17.0 Å². The second-order valence-electron chi connectivity index (χ2n) is 4.72. The molecule has 0 saturated carbocycles. The zero-order chi connectivity index (χ0) is 14.8. The van der Waals surface area contributed by atoms with Crippen LogP contribution in [0.25, 0.3) is 10.9 Å². The van der Waals surface area contributed by atoms with Gasteiger partial charge in [-0.15, -0.1) is 0 Å². The van der Waals surface area contributed by atoms with Gasteiger partial charge in [0.1, 0.15) is 0 Å². The molecule has 0 spiro atoms. The normalized spacial score (nSPS) is 10.8. The first-order valence-electron chi connectivity index (χ1n) is 6.46. The van der Waals surface area contributed by atoms with Gasteiger partial charge < -0.3 is 0 Å². The minimum absolute atomic E-state index is 0.00665. The Morgan fingerprint density at radius 3 is 2.71 bits per heavy atom. The first kappa shape index (κ1) is 14.2. The average Bonchev–Trinajstić information content (AvgIpc) is 2.50. The molecule has 0 aliphatic carbocycles. The quantitative estimate of drug-likeness (QED) is 0.610. The van der Waals surface area contributed by atoms with Crippen LogP contribution in [0.3, 0.4) is 0 Å². The van der Waals surface area contributed by atoms with E-state index in [-0.39, 0.29) is 12.2 Å². The van der Waals surface area contributed by atoms with E-state index in [0.29, 0.717) is 10.6 Å². The number of carbonyl (C=O) groups excluding carboxylic acids is 1. The number of benzene rings is 2. The maximum atomic E-state index is 12.3. The van der Waals surface area contributed by atoms with Crippen molar-refractivity contribution in [3.05, 3.63) is 75.4 Å². The van der Waals surface area contributed by atoms with Gasteiger partial charge in [-0.3, -0.25) is 9.78 Å². The van der Waals surface area contributed by atoms with Crippen LogP contribution in [0.5, 0.6) is 0 Å². The van der Waals surface area contributed by atoms with Gasteiger partial charge in [0.15, 0.2) is 5.78 Å². The number of aromatic nitrogens is 1. The van der Waals surface area contributed by atoms with E-state index in [1.165, 1.54) is 0 Å². The Labute approximate surface area is 135 Å². The van der Waals surface area contributed by atoms with Crippen molar-refractivity contribution in [3.63, 3.8) is 0 Å². The molecule has 2 aromatic carbocycles. The lowest BCUT2D eigenvalue weighted by molar-refractivity contribution is 0.0992. The molecule has 104 valence electrons. The molecule has 0 N–H and O–H groups in total. The second kappa shape index (κ2) is 5.96. The largest absolute Gasteiger partial charge is 0.294 e. The molecule has 0 aliphatic rings. The SMILES string of the molecule is O=C(Cc1ccc2ccccc2n1)c1ccc(Br)c(Cl)c1. The lowest BCUT2D eigenvalue weighted by atomic mass is 10.1. The molecule has 0 fully saturated rings. The lowest BCUT2D eigenvalue weighted by Crippen LogP contribution is -2.05. The summed E-state index contributed by atoms with van der Waals surface area (Å²) in [5.74, 6) is 0.00665. The predicted molar refractivity (Wildman–Crippen MR) is 88.9 cm³/mol. The van der Waals surface area contributed by atoms with E-state index in [9.17, 15) is 4.79 Å². The molecule has 1 aromatic heterocycles. The maximum absolute atomic E-state index is 12.3. The van der Waals surface area contributed by atoms with Crippen molar-refractivity contribution in [1.29, 1.82) is 0 Å². The predicted octanol–water partition coefficient (Wildman–Crippen LogP) is 5.08. The van der Waals surface area contributed by atoms with Crippen LogP contribution in [0.1, 0.15) is 16.1 Å². The summed E-state index contributed by atoms with van der Waals surface area (Å²) in [6, 6.07) is 17.0. The Morgan fingerprint density at radius 2 is 1.90 bits per heavy atom. The van der Waals surface area contributed by atoms with Crippen molar-refractivity contribution in [2.45, 2.75) is 6.42 Å². The molecule has 0 amide bonds. The molecule has 3 aromatic rings. The summed E-state index contributed by atoms with van der Waals surface area (Å²) in [4.78, 5) is 16.8. The summed E-state index contributed by atoms with van der Waals surface area (Å²) in [7, 11) is 0. The second-order valence-corrected chi connectivity index (χ2v) is 5.99. The molecule has 1 heterocycles. The van der Waals surface area contributed by atoms with Crippen LogP contribution >= 0.6 is 27.5 Å². The smallest absolute Gasteiger partial charge is 0.168 e. The number of halogens is 2. The third kappa shape index (κ3) is 3.14. The van der Waals surface area contributed by atoms with Crippen LogP contribution in [0, 0.1) is 0 Å². The Kier molecular flexibility index (Phi) is 4.04. The van der Waals surface area contributed by atoms with E-state index in [2.05, 4.69) is 20.9 Å². The van der Waals surface area contributed by atoms with Crippen LogP contribution in [0.4, 0.5) is 0 Å². The Morgan fingerprint density at radius 1 is 1.10 bits per heavy atom. The molecular formula is C17H11BrClNO. The van der Waals surface area contributed by atoms with Gasteiger partial charge in [0, 0.05) is 21.1 Å². The minimum atomic E-state index is 0.00665. The molecule has 3 rings (SSSR count). The maximum Gasteiger partial charge on any atom is 0.168 e. The van der Waals surface area contributed by atoms with Crippen molar-refractivity contribution in [3.8, 4) is 0 Å². The van der Waals surface area contributed by atoms with Crippen molar-refractivity contribution in [2.24, 2.45) is 0 Å². The summed E-state index contributed by atoms with van der Waals surface area (Å²) < 4.78 is 0.782. The summed E-state index contributed by atoms with van der Waals surface area (Å²) in [5, 5.41) is 1.60. The Hall–Kier alpha value is -1.71. The highest BCUT2D eigenvalue weighted by atomic mass is 79.9. The van der Waals surface area contributed by atoms with Gasteiger partial charge in [-0.1, -0.05) is 41.9 Å². The molecule has 2 nitrogen and oxygen atoms in total. The number of Topliss-reactive ketones (excluding diaryl/α,β-unsaturated/α-hetero) is 1. The summed E-state index contributed by atoms with van der Waals surface area (Å²) in [6.07, 6.45) is 0.267. The fourth-order valence-electron chi connectivity index (χ4n) is 2.14. The van der Waals surface area contributed by atoms with Gasteiger partial charge in [-0.05, 0) is 40.2 Å². The summed E-state index contributed by atoms with van der Waals surface area (Å²) in [5.41, 5.74) is 2.26. The highest BCUT2D eigenvalue weighted by molar-refractivity contribution is 9.10. The third-order valence-electron chi connectivity index (χ3n) is 3.24. The van der Waals surface area contributed by atoms with Crippen molar-refractivity contribution >= 4 is 44.2 Å². The fraction of sp³-hybridized carbons (Fsp3) is 0.0588. The number of hydrogen-bond acceptors (Lipinski definition) is 2. The lowest BCUT2D eigenvalue weighted by Gasteiger charge is -2.04. The van der Waals surface area contributed by atoms with Gasteiger partial charge in [-0.2, -0.15) is 0 Å². The Bertz CT molecular complexity index is 832. The van der Waals surface area contributed by atoms with Crippen LogP contribution in [-0.2, 0) is 6.42 Å². The number of fused-ring (bicyclic) bond motifs is 1. The molecule has 21 heavy (non-hydrogen) atoms. The zero-order valence-electron chi connectivity index (χ0n) is 11.0. The first-order chi connectivity index (χ1) is 10.1. The van der Waals surface area contributed by atoms with Crippen molar-refractivity contribution in [1.82, 2.24) is 4.98 Å². The molecule has 0 atom stereocenters. The van der Waals surface area contributed by atoms with E-state index in [1.54, 1.807) is 18.2 Å². The zero-order valence-corrected chi connectivity index (χ0v) is 13.4. The molecule has 0 unspecified atom stereocenters. The number of hydrogen-bond donors (Lipinski definition) is 0. The monoisotopic (exact) mass is 359 g/mol. The minimum Gasteiger partial charge on any atom is -0.294 e. The highest BCUT2D eigenvalue weighted by Gasteiger charge is 2.10. The van der Waals surface area contributed by atoms with Gasteiger partial charge in [-0.25, -0.2) is 0 Å². The van der Waals surface area contributed by atoms with Crippen LogP contribution in [-0.4, -0.2) is 10.8 Å². The van der Waals surface area contributed by atoms with Gasteiger partial charge in [0.25, 0.3) is 0 Å². The molecular weight excluding hydrogens is 350 g/mol. The number of carbonyl (C=O) groups is 1. The summed E-state index contributed by atoms with van der Waals surface area (Å²) in [6.45, 7) is 0. The molecule has 0 aliphatic heterocycles. The van der Waals surface area contributed by atoms with E-state index in [0.717, 1.165) is 21.1 Å². The van der Waals surface area contributed by atoms with Crippen LogP contribution in [0.15, 0.2) is 59.1 Å². The molecule has 4 heteroatoms. The highest BCUT2D eigenvalue weighted by Crippen LogP contribution is 2.24. The number of nitrogens with zero attached hydrogens (tertiary/aromatic N) is 1. The van der Waals surface area contributed by atoms with Crippen LogP contribution in [0.2, 0.25) is 5.02 Å². The van der Waals surface area contributed by atoms with E-state index >= 15 is 0 Å². The van der Waals surface area contributed by atoms with Gasteiger partial charge in [0.2, 0.25) is 0 Å². The summed E-state index contributed by atoms with van der Waals surface area (Å²) >= 11 is 9.34.